The van der Waals surface area contributed by atoms with Crippen LogP contribution in [0.15, 0.2) is 60.8 Å². The first-order chi connectivity index (χ1) is 13.6. The number of H-pyrrole nitrogens is 1. The summed E-state index contributed by atoms with van der Waals surface area (Å²) < 4.78 is 0. The Kier molecular flexibility index (Phi) is 4.89. The average Bonchev–Trinajstić information content (AvgIpc) is 3.08. The molecule has 0 bridgehead atoms. The molecule has 5 nitrogen and oxygen atoms in total. The lowest BCUT2D eigenvalue weighted by atomic mass is 10.1. The number of carbonyl (C=O) groups excluding carboxylic acids is 1. The third-order valence-corrected chi connectivity index (χ3v) is 4.79. The number of anilines is 1. The highest BCUT2D eigenvalue weighted by Gasteiger charge is 2.16. The summed E-state index contributed by atoms with van der Waals surface area (Å²) in [7, 11) is 0. The predicted octanol–water partition coefficient (Wildman–Crippen LogP) is 5.12. The first-order valence-corrected chi connectivity index (χ1v) is 9.39. The number of aromatic nitrogens is 3. The van der Waals surface area contributed by atoms with E-state index in [2.05, 4.69) is 32.7 Å². The van der Waals surface area contributed by atoms with E-state index in [0.717, 1.165) is 40.6 Å². The number of hydrogen-bond donors (Lipinski definition) is 2. The van der Waals surface area contributed by atoms with Crippen LogP contribution in [0.1, 0.15) is 40.2 Å². The average molecular weight is 370 g/mol. The zero-order valence-electron chi connectivity index (χ0n) is 16.0. The van der Waals surface area contributed by atoms with Crippen molar-refractivity contribution in [3.05, 3.63) is 83.4 Å². The summed E-state index contributed by atoms with van der Waals surface area (Å²) in [5.41, 5.74) is 5.70. The monoisotopic (exact) mass is 370 g/mol. The molecule has 0 aliphatic heterocycles. The molecule has 4 rings (SSSR count). The molecular formula is C23H22N4O. The standard InChI is InChI=1S/C23H22N4O/c1-15-10-11-18-13-19(16(2)25-20(18)12-15)23(28)26-21-14-24-27-22(21)17-8-6-4-3-5-7-9-17/h3-4,6,8-14H,5,7H2,1-2H3,(H,24,27)(H,26,28)/b4-3+,8-6-,17-9+. The maximum atomic E-state index is 13.0. The van der Waals surface area contributed by atoms with Crippen molar-refractivity contribution in [3.63, 3.8) is 0 Å². The number of pyridine rings is 1. The molecule has 3 aromatic rings. The number of benzene rings is 1. The zero-order chi connectivity index (χ0) is 19.5. The van der Waals surface area contributed by atoms with Crippen molar-refractivity contribution in [2.75, 3.05) is 5.32 Å². The maximum Gasteiger partial charge on any atom is 0.257 e. The minimum Gasteiger partial charge on any atom is -0.319 e. The van der Waals surface area contributed by atoms with E-state index in [1.807, 2.05) is 56.3 Å². The maximum absolute atomic E-state index is 13.0. The van der Waals surface area contributed by atoms with Gasteiger partial charge in [-0.05, 0) is 44.4 Å². The molecule has 1 aliphatic rings. The molecule has 1 aromatic carbocycles. The van der Waals surface area contributed by atoms with Gasteiger partial charge in [-0.1, -0.05) is 42.5 Å². The van der Waals surface area contributed by atoms with Crippen molar-refractivity contribution < 1.29 is 4.79 Å². The number of fused-ring (bicyclic) bond motifs is 1. The number of rotatable bonds is 3. The second-order valence-corrected chi connectivity index (χ2v) is 6.94. The quantitative estimate of drug-likeness (QED) is 0.672. The van der Waals surface area contributed by atoms with Gasteiger partial charge in [0.1, 0.15) is 5.69 Å². The molecule has 0 fully saturated rings. The lowest BCUT2D eigenvalue weighted by Gasteiger charge is -2.10. The van der Waals surface area contributed by atoms with Gasteiger partial charge in [0.05, 0.1) is 22.5 Å². The molecule has 0 atom stereocenters. The number of nitrogens with zero attached hydrogens (tertiary/aromatic N) is 2. The van der Waals surface area contributed by atoms with Crippen LogP contribution in [0.3, 0.4) is 0 Å². The number of hydrogen-bond acceptors (Lipinski definition) is 3. The molecule has 0 spiro atoms. The van der Waals surface area contributed by atoms with E-state index in [1.165, 1.54) is 0 Å². The molecule has 5 heteroatoms. The Labute approximate surface area is 163 Å². The van der Waals surface area contributed by atoms with Crippen molar-refractivity contribution in [2.45, 2.75) is 26.7 Å². The Morgan fingerprint density at radius 3 is 2.93 bits per heavy atom. The summed E-state index contributed by atoms with van der Waals surface area (Å²) in [5.74, 6) is -0.189. The minimum absolute atomic E-state index is 0.189. The molecule has 0 saturated heterocycles. The van der Waals surface area contributed by atoms with Gasteiger partial charge < -0.3 is 5.32 Å². The molecule has 28 heavy (non-hydrogen) atoms. The Morgan fingerprint density at radius 2 is 2.04 bits per heavy atom. The second-order valence-electron chi connectivity index (χ2n) is 6.94. The molecule has 2 aromatic heterocycles. The summed E-state index contributed by atoms with van der Waals surface area (Å²) in [5, 5.41) is 11.1. The first-order valence-electron chi connectivity index (χ1n) is 9.39. The largest absolute Gasteiger partial charge is 0.319 e. The number of nitrogens with one attached hydrogen (secondary N) is 2. The summed E-state index contributed by atoms with van der Waals surface area (Å²) in [6.45, 7) is 3.89. The molecular weight excluding hydrogens is 348 g/mol. The van der Waals surface area contributed by atoms with Gasteiger partial charge >= 0.3 is 0 Å². The topological polar surface area (TPSA) is 70.7 Å². The molecule has 0 saturated carbocycles. The van der Waals surface area contributed by atoms with Crippen molar-refractivity contribution in [1.82, 2.24) is 15.2 Å². The van der Waals surface area contributed by atoms with Gasteiger partial charge in [0.25, 0.3) is 5.91 Å². The molecule has 2 N–H and O–H groups in total. The highest BCUT2D eigenvalue weighted by atomic mass is 16.1. The third-order valence-electron chi connectivity index (χ3n) is 4.79. The fourth-order valence-electron chi connectivity index (χ4n) is 3.31. The fraction of sp³-hybridized carbons (Fsp3) is 0.174. The number of amides is 1. The lowest BCUT2D eigenvalue weighted by molar-refractivity contribution is 0.102. The van der Waals surface area contributed by atoms with Gasteiger partial charge in [-0.3, -0.25) is 14.9 Å². The molecule has 1 aliphatic carbocycles. The molecule has 140 valence electrons. The highest BCUT2D eigenvalue weighted by Crippen LogP contribution is 2.25. The van der Waals surface area contributed by atoms with Crippen LogP contribution in [0.25, 0.3) is 16.5 Å². The van der Waals surface area contributed by atoms with Crippen LogP contribution in [0.2, 0.25) is 0 Å². The smallest absolute Gasteiger partial charge is 0.257 e. The first kappa shape index (κ1) is 17.9. The van der Waals surface area contributed by atoms with Gasteiger partial charge in [0.15, 0.2) is 0 Å². The fourth-order valence-corrected chi connectivity index (χ4v) is 3.31. The Bertz CT molecular complexity index is 1130. The van der Waals surface area contributed by atoms with Crippen molar-refractivity contribution in [2.24, 2.45) is 0 Å². The number of aryl methyl sites for hydroxylation is 2. The Balaban J connectivity index is 1.64. The van der Waals surface area contributed by atoms with Crippen LogP contribution in [-0.2, 0) is 0 Å². The van der Waals surface area contributed by atoms with E-state index in [4.69, 9.17) is 0 Å². The van der Waals surface area contributed by atoms with Gasteiger partial charge in [-0.15, -0.1) is 0 Å². The minimum atomic E-state index is -0.189. The van der Waals surface area contributed by atoms with E-state index < -0.39 is 0 Å². The molecule has 0 unspecified atom stereocenters. The van der Waals surface area contributed by atoms with Gasteiger partial charge in [0, 0.05) is 17.2 Å². The van der Waals surface area contributed by atoms with E-state index in [9.17, 15) is 4.79 Å². The Hall–Kier alpha value is -3.47. The Morgan fingerprint density at radius 1 is 1.14 bits per heavy atom. The second kappa shape index (κ2) is 7.64. The van der Waals surface area contributed by atoms with Crippen LogP contribution in [0, 0.1) is 13.8 Å². The van der Waals surface area contributed by atoms with Crippen LogP contribution in [0.5, 0.6) is 0 Å². The normalized spacial score (nSPS) is 18.0. The van der Waals surface area contributed by atoms with Gasteiger partial charge in [-0.2, -0.15) is 5.10 Å². The molecule has 2 heterocycles. The van der Waals surface area contributed by atoms with E-state index in [1.54, 1.807) is 6.20 Å². The number of allylic oxidation sites excluding steroid dienone is 6. The van der Waals surface area contributed by atoms with Gasteiger partial charge in [-0.25, -0.2) is 0 Å². The van der Waals surface area contributed by atoms with E-state index >= 15 is 0 Å². The summed E-state index contributed by atoms with van der Waals surface area (Å²) in [6.07, 6.45) is 13.9. The molecule has 0 radical (unpaired) electrons. The number of aromatic amines is 1. The van der Waals surface area contributed by atoms with Crippen molar-refractivity contribution >= 4 is 28.1 Å². The van der Waals surface area contributed by atoms with Crippen LogP contribution in [0.4, 0.5) is 5.69 Å². The van der Waals surface area contributed by atoms with Crippen LogP contribution >= 0.6 is 0 Å². The summed E-state index contributed by atoms with van der Waals surface area (Å²) in [6, 6.07) is 7.94. The van der Waals surface area contributed by atoms with E-state index in [0.29, 0.717) is 16.9 Å². The third kappa shape index (κ3) is 3.64. The van der Waals surface area contributed by atoms with Crippen LogP contribution in [-0.4, -0.2) is 21.1 Å². The van der Waals surface area contributed by atoms with E-state index in [-0.39, 0.29) is 5.91 Å². The van der Waals surface area contributed by atoms with Gasteiger partial charge in [0.2, 0.25) is 0 Å². The summed E-state index contributed by atoms with van der Waals surface area (Å²) >= 11 is 0. The van der Waals surface area contributed by atoms with Crippen molar-refractivity contribution in [3.8, 4) is 0 Å². The number of carbonyl (C=O) groups is 1. The zero-order valence-corrected chi connectivity index (χ0v) is 16.0. The van der Waals surface area contributed by atoms with Crippen LogP contribution < -0.4 is 5.32 Å². The van der Waals surface area contributed by atoms with Crippen molar-refractivity contribution in [1.29, 1.82) is 0 Å². The predicted molar refractivity (Wildman–Crippen MR) is 113 cm³/mol. The SMILES string of the molecule is Cc1ccc2cc(C(=O)Nc3c[nH]nc3C3=C/CC/C=C/C=C\3)c(C)nc2c1. The molecule has 1 amide bonds. The summed E-state index contributed by atoms with van der Waals surface area (Å²) in [4.78, 5) is 17.6. The lowest BCUT2D eigenvalue weighted by Crippen LogP contribution is -2.15. The highest BCUT2D eigenvalue weighted by molar-refractivity contribution is 6.07.